The van der Waals surface area contributed by atoms with Crippen molar-refractivity contribution in [3.63, 3.8) is 0 Å². The van der Waals surface area contributed by atoms with Crippen LogP contribution in [0.25, 0.3) is 11.3 Å². The van der Waals surface area contributed by atoms with Crippen molar-refractivity contribution >= 4 is 5.91 Å². The van der Waals surface area contributed by atoms with Gasteiger partial charge in [0.2, 0.25) is 0 Å². The highest BCUT2D eigenvalue weighted by Gasteiger charge is 2.42. The Morgan fingerprint density at radius 1 is 1.31 bits per heavy atom. The third kappa shape index (κ3) is 2.89. The molecule has 1 heterocycles. The van der Waals surface area contributed by atoms with Crippen molar-refractivity contribution in [2.24, 2.45) is 17.8 Å². The van der Waals surface area contributed by atoms with Gasteiger partial charge in [-0.25, -0.2) is 0 Å². The van der Waals surface area contributed by atoms with Crippen LogP contribution in [-0.4, -0.2) is 24.2 Å². The summed E-state index contributed by atoms with van der Waals surface area (Å²) < 4.78 is 10.8. The molecule has 1 amide bonds. The predicted molar refractivity (Wildman–Crippen MR) is 99.1 cm³/mol. The zero-order valence-electron chi connectivity index (χ0n) is 15.6. The number of para-hydroxylation sites is 1. The maximum Gasteiger partial charge on any atom is 0.257 e. The molecule has 1 N–H and O–H groups in total. The molecule has 2 aromatic rings. The van der Waals surface area contributed by atoms with Crippen molar-refractivity contribution in [2.75, 3.05) is 7.11 Å². The number of nitrogens with zero attached hydrogens (tertiary/aromatic N) is 1. The Morgan fingerprint density at radius 3 is 2.81 bits per heavy atom. The fourth-order valence-corrected chi connectivity index (χ4v) is 4.96. The van der Waals surface area contributed by atoms with E-state index in [-0.39, 0.29) is 11.9 Å². The lowest BCUT2D eigenvalue weighted by atomic mass is 9.84. The molecule has 0 saturated heterocycles. The van der Waals surface area contributed by atoms with Crippen molar-refractivity contribution in [1.82, 2.24) is 10.5 Å². The minimum absolute atomic E-state index is 0.111. The summed E-state index contributed by atoms with van der Waals surface area (Å²) in [5.41, 5.74) is 1.81. The van der Waals surface area contributed by atoms with Gasteiger partial charge in [-0.1, -0.05) is 23.7 Å². The topological polar surface area (TPSA) is 64.4 Å². The highest BCUT2D eigenvalue weighted by molar-refractivity contribution is 6.01. The largest absolute Gasteiger partial charge is 0.496 e. The third-order valence-electron chi connectivity index (χ3n) is 6.25. The molecule has 2 saturated carbocycles. The van der Waals surface area contributed by atoms with Gasteiger partial charge in [0.25, 0.3) is 5.91 Å². The number of fused-ring (bicyclic) bond motifs is 2. The number of ether oxygens (including phenoxy) is 1. The van der Waals surface area contributed by atoms with Gasteiger partial charge in [0.1, 0.15) is 22.8 Å². The minimum Gasteiger partial charge on any atom is -0.496 e. The third-order valence-corrected chi connectivity index (χ3v) is 6.25. The second kappa shape index (κ2) is 6.78. The molecule has 0 aliphatic heterocycles. The summed E-state index contributed by atoms with van der Waals surface area (Å²) in [5, 5.41) is 7.36. The quantitative estimate of drug-likeness (QED) is 0.873. The van der Waals surface area contributed by atoms with E-state index in [0.29, 0.717) is 28.7 Å². The number of nitrogens with one attached hydrogen (secondary N) is 1. The van der Waals surface area contributed by atoms with E-state index in [4.69, 9.17) is 9.26 Å². The molecule has 138 valence electrons. The summed E-state index contributed by atoms with van der Waals surface area (Å²) in [6, 6.07) is 7.72. The number of rotatable bonds is 5. The van der Waals surface area contributed by atoms with Crippen LogP contribution in [0.5, 0.6) is 5.75 Å². The first-order valence-electron chi connectivity index (χ1n) is 9.49. The Kier molecular flexibility index (Phi) is 4.47. The van der Waals surface area contributed by atoms with Crippen molar-refractivity contribution in [3.05, 3.63) is 35.6 Å². The number of carbonyl (C=O) groups excluding carboxylic acids is 1. The number of aryl methyl sites for hydroxylation is 1. The molecule has 5 heteroatoms. The zero-order chi connectivity index (χ0) is 18.3. The summed E-state index contributed by atoms with van der Waals surface area (Å²) in [6.07, 6.45) is 5.26. The molecule has 2 fully saturated rings. The normalized spacial score (nSPS) is 25.3. The van der Waals surface area contributed by atoms with Gasteiger partial charge in [-0.3, -0.25) is 4.79 Å². The lowest BCUT2D eigenvalue weighted by molar-refractivity contribution is 0.0914. The Bertz CT molecular complexity index is 813. The molecule has 0 unspecified atom stereocenters. The maximum absolute atomic E-state index is 13.0. The van der Waals surface area contributed by atoms with Crippen molar-refractivity contribution in [3.8, 4) is 17.0 Å². The van der Waals surface area contributed by atoms with Crippen LogP contribution in [0, 0.1) is 24.7 Å². The van der Waals surface area contributed by atoms with Crippen LogP contribution in [0.4, 0.5) is 0 Å². The van der Waals surface area contributed by atoms with E-state index in [1.807, 2.05) is 24.3 Å². The molecule has 2 bridgehead atoms. The van der Waals surface area contributed by atoms with Crippen LogP contribution in [0.2, 0.25) is 0 Å². The van der Waals surface area contributed by atoms with Gasteiger partial charge in [-0.15, -0.1) is 0 Å². The number of benzene rings is 1. The standard InChI is InChI=1S/C21H26N2O3/c1-12(17-11-14-8-9-15(17)10-14)22-21(24)19-13(2)26-23-20(19)16-6-4-5-7-18(16)25-3/h4-7,12,14-15,17H,8-11H2,1-3H3,(H,22,24)/t12-,14+,15+,17-/m1/s1. The number of carbonyl (C=O) groups is 1. The minimum atomic E-state index is -0.111. The van der Waals surface area contributed by atoms with Gasteiger partial charge in [0.05, 0.1) is 7.11 Å². The summed E-state index contributed by atoms with van der Waals surface area (Å²) in [5.74, 6) is 3.32. The van der Waals surface area contributed by atoms with Gasteiger partial charge >= 0.3 is 0 Å². The van der Waals surface area contributed by atoms with Crippen molar-refractivity contribution in [1.29, 1.82) is 0 Å². The molecule has 1 aromatic heterocycles. The first kappa shape index (κ1) is 17.1. The highest BCUT2D eigenvalue weighted by Crippen LogP contribution is 2.49. The fourth-order valence-electron chi connectivity index (χ4n) is 4.96. The Hall–Kier alpha value is -2.30. The number of amides is 1. The average molecular weight is 354 g/mol. The van der Waals surface area contributed by atoms with Crippen LogP contribution in [0.1, 0.15) is 48.7 Å². The lowest BCUT2D eigenvalue weighted by Gasteiger charge is -2.28. The number of hydrogen-bond acceptors (Lipinski definition) is 4. The maximum atomic E-state index is 13.0. The highest BCUT2D eigenvalue weighted by atomic mass is 16.5. The van der Waals surface area contributed by atoms with E-state index in [0.717, 1.165) is 17.4 Å². The van der Waals surface area contributed by atoms with E-state index < -0.39 is 0 Å². The van der Waals surface area contributed by atoms with E-state index in [2.05, 4.69) is 17.4 Å². The molecule has 1 aromatic carbocycles. The Balaban J connectivity index is 1.58. The van der Waals surface area contributed by atoms with Crippen molar-refractivity contribution in [2.45, 2.75) is 45.6 Å². The molecule has 5 nitrogen and oxygen atoms in total. The monoisotopic (exact) mass is 354 g/mol. The SMILES string of the molecule is COc1ccccc1-c1noc(C)c1C(=O)N[C@H](C)[C@H]1C[C@H]2CC[C@H]1C2. The van der Waals surface area contributed by atoms with Crippen LogP contribution >= 0.6 is 0 Å². The fraction of sp³-hybridized carbons (Fsp3) is 0.524. The van der Waals surface area contributed by atoms with Gasteiger partial charge in [-0.2, -0.15) is 0 Å². The first-order valence-corrected chi connectivity index (χ1v) is 9.49. The van der Waals surface area contributed by atoms with Crippen molar-refractivity contribution < 1.29 is 14.1 Å². The molecular weight excluding hydrogens is 328 g/mol. The number of methoxy groups -OCH3 is 1. The van der Waals surface area contributed by atoms with Crippen LogP contribution in [0.3, 0.4) is 0 Å². The molecule has 2 aliphatic rings. The van der Waals surface area contributed by atoms with E-state index in [1.165, 1.54) is 25.7 Å². The summed E-state index contributed by atoms with van der Waals surface area (Å²) in [7, 11) is 1.61. The Labute approximate surface area is 154 Å². The molecule has 4 rings (SSSR count). The smallest absolute Gasteiger partial charge is 0.257 e. The molecule has 0 spiro atoms. The second-order valence-corrected chi connectivity index (χ2v) is 7.76. The van der Waals surface area contributed by atoms with Gasteiger partial charge in [0.15, 0.2) is 0 Å². The molecular formula is C21H26N2O3. The second-order valence-electron chi connectivity index (χ2n) is 7.76. The van der Waals surface area contributed by atoms with Crippen LogP contribution in [0.15, 0.2) is 28.8 Å². The summed E-state index contributed by atoms with van der Waals surface area (Å²) >= 11 is 0. The molecule has 0 radical (unpaired) electrons. The molecule has 26 heavy (non-hydrogen) atoms. The molecule has 4 atom stereocenters. The number of hydrogen-bond donors (Lipinski definition) is 1. The van der Waals surface area contributed by atoms with Gasteiger partial charge < -0.3 is 14.6 Å². The summed E-state index contributed by atoms with van der Waals surface area (Å²) in [4.78, 5) is 13.0. The van der Waals surface area contributed by atoms with Crippen LogP contribution < -0.4 is 10.1 Å². The van der Waals surface area contributed by atoms with Gasteiger partial charge in [-0.05, 0) is 63.0 Å². The van der Waals surface area contributed by atoms with Crippen LogP contribution in [-0.2, 0) is 0 Å². The molecule has 2 aliphatic carbocycles. The Morgan fingerprint density at radius 2 is 2.12 bits per heavy atom. The predicted octanol–water partition coefficient (Wildman–Crippen LogP) is 4.21. The van der Waals surface area contributed by atoms with E-state index in [1.54, 1.807) is 14.0 Å². The summed E-state index contributed by atoms with van der Waals surface area (Å²) in [6.45, 7) is 3.91. The van der Waals surface area contributed by atoms with Gasteiger partial charge in [0, 0.05) is 11.6 Å². The van der Waals surface area contributed by atoms with E-state index in [9.17, 15) is 4.79 Å². The lowest BCUT2D eigenvalue weighted by Crippen LogP contribution is -2.40. The number of aromatic nitrogens is 1. The van der Waals surface area contributed by atoms with E-state index >= 15 is 0 Å². The first-order chi connectivity index (χ1) is 12.6. The zero-order valence-corrected chi connectivity index (χ0v) is 15.6. The average Bonchev–Trinajstić information content (AvgIpc) is 3.36.